The van der Waals surface area contributed by atoms with Crippen LogP contribution in [-0.4, -0.2) is 31.1 Å². The molecule has 18 heavy (non-hydrogen) atoms. The molecule has 1 N–H and O–H groups in total. The summed E-state index contributed by atoms with van der Waals surface area (Å²) in [5.74, 6) is -0.0793. The van der Waals surface area contributed by atoms with Gasteiger partial charge in [-0.2, -0.15) is 0 Å². The molecule has 2 nitrogen and oxygen atoms in total. The zero-order valence-electron chi connectivity index (χ0n) is 10.5. The summed E-state index contributed by atoms with van der Waals surface area (Å²) in [6, 6.07) is 4.40. The van der Waals surface area contributed by atoms with Crippen molar-refractivity contribution in [3.8, 4) is 0 Å². The van der Waals surface area contributed by atoms with Gasteiger partial charge in [-0.25, -0.2) is 8.78 Å². The smallest absolute Gasteiger partial charge is 0.159 e. The summed E-state index contributed by atoms with van der Waals surface area (Å²) in [5, 5.41) is 3.40. The number of benzene rings is 1. The lowest BCUT2D eigenvalue weighted by Gasteiger charge is -2.25. The molecule has 2 saturated heterocycles. The van der Waals surface area contributed by atoms with Crippen LogP contribution in [0.2, 0.25) is 0 Å². The highest BCUT2D eigenvalue weighted by Crippen LogP contribution is 2.33. The molecule has 0 radical (unpaired) electrons. The maximum atomic E-state index is 13.3. The van der Waals surface area contributed by atoms with Crippen LogP contribution in [0.3, 0.4) is 0 Å². The highest BCUT2D eigenvalue weighted by molar-refractivity contribution is 5.21. The molecular formula is C14H18F2N2. The average molecular weight is 252 g/mol. The molecule has 0 aromatic heterocycles. The van der Waals surface area contributed by atoms with Crippen LogP contribution in [0.4, 0.5) is 8.78 Å². The summed E-state index contributed by atoms with van der Waals surface area (Å²) in [5.41, 5.74) is 0.863. The normalized spacial score (nSPS) is 29.5. The van der Waals surface area contributed by atoms with Gasteiger partial charge in [0.1, 0.15) is 0 Å². The fourth-order valence-electron chi connectivity index (χ4n) is 3.19. The Hall–Kier alpha value is -1.00. The molecular weight excluding hydrogens is 234 g/mol. The monoisotopic (exact) mass is 252 g/mol. The van der Waals surface area contributed by atoms with Crippen molar-refractivity contribution in [1.82, 2.24) is 10.2 Å². The second kappa shape index (κ2) is 4.59. The molecule has 0 bridgehead atoms. The van der Waals surface area contributed by atoms with Gasteiger partial charge in [-0.1, -0.05) is 6.07 Å². The van der Waals surface area contributed by atoms with Crippen LogP contribution in [0.25, 0.3) is 0 Å². The summed E-state index contributed by atoms with van der Waals surface area (Å²) in [6.07, 6.45) is 0. The van der Waals surface area contributed by atoms with Crippen molar-refractivity contribution in [2.75, 3.05) is 26.2 Å². The van der Waals surface area contributed by atoms with E-state index in [-0.39, 0.29) is 6.04 Å². The van der Waals surface area contributed by atoms with Gasteiger partial charge in [-0.3, -0.25) is 4.90 Å². The average Bonchev–Trinajstić information content (AvgIpc) is 2.92. The number of fused-ring (bicyclic) bond motifs is 1. The second-order valence-electron chi connectivity index (χ2n) is 5.48. The third-order valence-corrected chi connectivity index (χ3v) is 4.39. The van der Waals surface area contributed by atoms with Crippen molar-refractivity contribution < 1.29 is 8.78 Å². The predicted octanol–water partition coefficient (Wildman–Crippen LogP) is 2.18. The Morgan fingerprint density at radius 1 is 1.17 bits per heavy atom. The van der Waals surface area contributed by atoms with E-state index >= 15 is 0 Å². The van der Waals surface area contributed by atoms with Gasteiger partial charge in [-0.15, -0.1) is 0 Å². The zero-order valence-corrected chi connectivity index (χ0v) is 10.5. The maximum absolute atomic E-state index is 13.3. The Labute approximate surface area is 106 Å². The Balaban J connectivity index is 1.74. The van der Waals surface area contributed by atoms with Crippen LogP contribution in [0, 0.1) is 23.5 Å². The molecule has 4 heteroatoms. The third kappa shape index (κ3) is 2.04. The molecule has 0 saturated carbocycles. The third-order valence-electron chi connectivity index (χ3n) is 4.39. The van der Waals surface area contributed by atoms with E-state index in [1.807, 2.05) is 0 Å². The Bertz CT molecular complexity index is 437. The van der Waals surface area contributed by atoms with Crippen molar-refractivity contribution in [2.24, 2.45) is 11.8 Å². The fourth-order valence-corrected chi connectivity index (χ4v) is 3.19. The van der Waals surface area contributed by atoms with Crippen LogP contribution >= 0.6 is 0 Å². The summed E-state index contributed by atoms with van der Waals surface area (Å²) in [7, 11) is 0. The minimum atomic E-state index is -0.770. The second-order valence-corrected chi connectivity index (χ2v) is 5.48. The predicted molar refractivity (Wildman–Crippen MR) is 66.2 cm³/mol. The quantitative estimate of drug-likeness (QED) is 0.868. The number of halogens is 2. The number of likely N-dealkylation sites (tertiary alicyclic amines) is 1. The standard InChI is InChI=1S/C14H18F2N2/c1-9(10-2-3-13(15)14(16)4-10)18-7-11-5-17-6-12(11)8-18/h2-4,9,11-12,17H,5-8H2,1H3. The molecule has 3 rings (SSSR count). The number of hydrogen-bond acceptors (Lipinski definition) is 2. The molecule has 1 aromatic carbocycles. The number of nitrogens with zero attached hydrogens (tertiary/aromatic N) is 1. The van der Waals surface area contributed by atoms with Gasteiger partial charge in [-0.05, 0) is 49.5 Å². The first-order valence-electron chi connectivity index (χ1n) is 6.55. The van der Waals surface area contributed by atoms with E-state index in [0.29, 0.717) is 0 Å². The maximum Gasteiger partial charge on any atom is 0.159 e. The fraction of sp³-hybridized carbons (Fsp3) is 0.571. The van der Waals surface area contributed by atoms with Gasteiger partial charge in [0.2, 0.25) is 0 Å². The van der Waals surface area contributed by atoms with E-state index in [4.69, 9.17) is 0 Å². The lowest BCUT2D eigenvalue weighted by atomic mass is 10.0. The van der Waals surface area contributed by atoms with Crippen LogP contribution in [0.1, 0.15) is 18.5 Å². The molecule has 2 heterocycles. The first kappa shape index (κ1) is 12.1. The summed E-state index contributed by atoms with van der Waals surface area (Å²) < 4.78 is 26.2. The molecule has 0 amide bonds. The highest BCUT2D eigenvalue weighted by atomic mass is 19.2. The molecule has 2 fully saturated rings. The summed E-state index contributed by atoms with van der Waals surface area (Å²) in [6.45, 7) is 6.36. The van der Waals surface area contributed by atoms with Crippen molar-refractivity contribution in [2.45, 2.75) is 13.0 Å². The summed E-state index contributed by atoms with van der Waals surface area (Å²) >= 11 is 0. The molecule has 98 valence electrons. The van der Waals surface area contributed by atoms with Gasteiger partial charge >= 0.3 is 0 Å². The van der Waals surface area contributed by atoms with Gasteiger partial charge in [0, 0.05) is 19.1 Å². The highest BCUT2D eigenvalue weighted by Gasteiger charge is 2.37. The Morgan fingerprint density at radius 2 is 1.83 bits per heavy atom. The number of hydrogen-bond donors (Lipinski definition) is 1. The van der Waals surface area contributed by atoms with Crippen molar-refractivity contribution in [3.05, 3.63) is 35.4 Å². The lowest BCUT2D eigenvalue weighted by Crippen LogP contribution is -2.28. The van der Waals surface area contributed by atoms with E-state index in [0.717, 1.165) is 43.6 Å². The lowest BCUT2D eigenvalue weighted by molar-refractivity contribution is 0.243. The van der Waals surface area contributed by atoms with E-state index in [2.05, 4.69) is 17.1 Å². The molecule has 2 aliphatic heterocycles. The molecule has 1 aromatic rings. The molecule has 0 spiro atoms. The SMILES string of the molecule is CC(c1ccc(F)c(F)c1)N1CC2CNCC2C1. The molecule has 2 aliphatic rings. The van der Waals surface area contributed by atoms with Gasteiger partial charge < -0.3 is 5.32 Å². The number of rotatable bonds is 2. The minimum absolute atomic E-state index is 0.158. The zero-order chi connectivity index (χ0) is 12.7. The molecule has 3 unspecified atom stereocenters. The van der Waals surface area contributed by atoms with Crippen molar-refractivity contribution >= 4 is 0 Å². The molecule has 3 atom stereocenters. The first-order chi connectivity index (χ1) is 8.65. The van der Waals surface area contributed by atoms with E-state index in [1.165, 1.54) is 12.1 Å². The van der Waals surface area contributed by atoms with Crippen LogP contribution < -0.4 is 5.32 Å². The van der Waals surface area contributed by atoms with E-state index < -0.39 is 11.6 Å². The minimum Gasteiger partial charge on any atom is -0.316 e. The first-order valence-corrected chi connectivity index (χ1v) is 6.55. The van der Waals surface area contributed by atoms with E-state index in [1.54, 1.807) is 6.07 Å². The summed E-state index contributed by atoms with van der Waals surface area (Å²) in [4.78, 5) is 2.38. The van der Waals surface area contributed by atoms with Gasteiger partial charge in [0.25, 0.3) is 0 Å². The van der Waals surface area contributed by atoms with Crippen LogP contribution in [0.15, 0.2) is 18.2 Å². The largest absolute Gasteiger partial charge is 0.316 e. The Morgan fingerprint density at radius 3 is 2.44 bits per heavy atom. The number of nitrogens with one attached hydrogen (secondary N) is 1. The Kier molecular flexibility index (Phi) is 3.08. The van der Waals surface area contributed by atoms with Crippen LogP contribution in [0.5, 0.6) is 0 Å². The van der Waals surface area contributed by atoms with Crippen molar-refractivity contribution in [1.29, 1.82) is 0 Å². The van der Waals surface area contributed by atoms with E-state index in [9.17, 15) is 8.78 Å². The topological polar surface area (TPSA) is 15.3 Å². The van der Waals surface area contributed by atoms with Gasteiger partial charge in [0.15, 0.2) is 11.6 Å². The van der Waals surface area contributed by atoms with Crippen molar-refractivity contribution in [3.63, 3.8) is 0 Å². The van der Waals surface area contributed by atoms with Crippen LogP contribution in [-0.2, 0) is 0 Å². The molecule has 0 aliphatic carbocycles. The van der Waals surface area contributed by atoms with Gasteiger partial charge in [0.05, 0.1) is 0 Å².